The van der Waals surface area contributed by atoms with Gasteiger partial charge in [-0.2, -0.15) is 0 Å². The molecule has 7 heteroatoms. The summed E-state index contributed by atoms with van der Waals surface area (Å²) in [5.74, 6) is 1.12. The third-order valence-corrected chi connectivity index (χ3v) is 4.52. The van der Waals surface area contributed by atoms with Gasteiger partial charge in [0.05, 0.1) is 7.11 Å². The van der Waals surface area contributed by atoms with Gasteiger partial charge in [-0.15, -0.1) is 10.2 Å². The molecule has 144 valence electrons. The number of aromatic nitrogens is 2. The summed E-state index contributed by atoms with van der Waals surface area (Å²) in [4.78, 5) is 12.2. The minimum atomic E-state index is -0.256. The first-order valence-corrected chi connectivity index (χ1v) is 9.25. The zero-order valence-electron chi connectivity index (χ0n) is 15.5. The molecule has 1 aromatic heterocycles. The Kier molecular flexibility index (Phi) is 6.81. The van der Waals surface area contributed by atoms with Gasteiger partial charge in [0.2, 0.25) is 0 Å². The molecule has 1 heterocycles. The number of ether oxygens (including phenoxy) is 1. The van der Waals surface area contributed by atoms with E-state index in [1.807, 2.05) is 48.5 Å². The monoisotopic (exact) mass is 396 g/mol. The minimum Gasteiger partial charge on any atom is -0.497 e. The Hall–Kier alpha value is -3.12. The van der Waals surface area contributed by atoms with Gasteiger partial charge in [0.1, 0.15) is 11.6 Å². The lowest BCUT2D eigenvalue weighted by Gasteiger charge is -2.08. The van der Waals surface area contributed by atoms with E-state index in [1.165, 1.54) is 0 Å². The van der Waals surface area contributed by atoms with Crippen LogP contribution in [-0.4, -0.2) is 29.8 Å². The van der Waals surface area contributed by atoms with Crippen molar-refractivity contribution < 1.29 is 9.53 Å². The van der Waals surface area contributed by atoms with Crippen molar-refractivity contribution in [2.45, 2.75) is 13.0 Å². The average Bonchev–Trinajstić information content (AvgIpc) is 2.73. The Morgan fingerprint density at radius 2 is 1.93 bits per heavy atom. The van der Waals surface area contributed by atoms with Crippen molar-refractivity contribution in [3.8, 4) is 5.75 Å². The fourth-order valence-corrected chi connectivity index (χ4v) is 2.82. The van der Waals surface area contributed by atoms with Gasteiger partial charge in [-0.3, -0.25) is 4.79 Å². The summed E-state index contributed by atoms with van der Waals surface area (Å²) in [5, 5.41) is 14.7. The number of carbonyl (C=O) groups is 1. The van der Waals surface area contributed by atoms with Crippen LogP contribution in [0.25, 0.3) is 0 Å². The van der Waals surface area contributed by atoms with Crippen LogP contribution < -0.4 is 15.4 Å². The fraction of sp³-hybridized carbons (Fsp3) is 0.190. The molecule has 6 nitrogen and oxygen atoms in total. The van der Waals surface area contributed by atoms with Crippen LogP contribution in [0.15, 0.2) is 60.7 Å². The standard InChI is InChI=1S/C21H21ClN4O2/c1-28-17-7-4-5-15(13-17)11-12-23-21(27)19-9-10-20(26-25-19)24-14-16-6-2-3-8-18(16)22/h2-10,13H,11-12,14H2,1H3,(H,23,27)(H,24,26). The number of anilines is 1. The predicted octanol–water partition coefficient (Wildman–Crippen LogP) is 3.72. The maximum atomic E-state index is 12.2. The van der Waals surface area contributed by atoms with E-state index in [4.69, 9.17) is 16.3 Å². The normalized spacial score (nSPS) is 10.4. The molecule has 0 unspecified atom stereocenters. The molecule has 0 fully saturated rings. The molecule has 1 amide bonds. The van der Waals surface area contributed by atoms with Crippen molar-refractivity contribution in [3.05, 3.63) is 82.5 Å². The number of nitrogens with one attached hydrogen (secondary N) is 2. The molecule has 0 saturated carbocycles. The minimum absolute atomic E-state index is 0.256. The number of nitrogens with zero attached hydrogens (tertiary/aromatic N) is 2. The second-order valence-electron chi connectivity index (χ2n) is 6.11. The van der Waals surface area contributed by atoms with Gasteiger partial charge in [0.25, 0.3) is 5.91 Å². The largest absolute Gasteiger partial charge is 0.497 e. The molecule has 0 saturated heterocycles. The second-order valence-corrected chi connectivity index (χ2v) is 6.51. The van der Waals surface area contributed by atoms with Crippen LogP contribution in [0.1, 0.15) is 21.6 Å². The number of rotatable bonds is 8. The first-order valence-electron chi connectivity index (χ1n) is 8.88. The zero-order chi connectivity index (χ0) is 19.8. The molecule has 0 aliphatic heterocycles. The summed E-state index contributed by atoms with van der Waals surface area (Å²) in [6.07, 6.45) is 0.702. The topological polar surface area (TPSA) is 76.1 Å². The van der Waals surface area contributed by atoms with E-state index < -0.39 is 0 Å². The van der Waals surface area contributed by atoms with E-state index in [2.05, 4.69) is 20.8 Å². The molecule has 3 rings (SSSR count). The quantitative estimate of drug-likeness (QED) is 0.606. The van der Waals surface area contributed by atoms with Gasteiger partial charge in [0, 0.05) is 18.1 Å². The number of amides is 1. The summed E-state index contributed by atoms with van der Waals surface area (Å²) < 4.78 is 5.20. The Morgan fingerprint density at radius 1 is 1.07 bits per heavy atom. The molecule has 2 aromatic carbocycles. The molecule has 0 aliphatic carbocycles. The maximum Gasteiger partial charge on any atom is 0.271 e. The van der Waals surface area contributed by atoms with Gasteiger partial charge in [-0.05, 0) is 47.9 Å². The van der Waals surface area contributed by atoms with E-state index in [-0.39, 0.29) is 11.6 Å². The summed E-state index contributed by atoms with van der Waals surface area (Å²) >= 11 is 6.13. The SMILES string of the molecule is COc1cccc(CCNC(=O)c2ccc(NCc3ccccc3Cl)nn2)c1. The van der Waals surface area contributed by atoms with Crippen LogP contribution in [-0.2, 0) is 13.0 Å². The predicted molar refractivity (Wildman–Crippen MR) is 110 cm³/mol. The van der Waals surface area contributed by atoms with Crippen molar-refractivity contribution in [3.63, 3.8) is 0 Å². The van der Waals surface area contributed by atoms with Crippen LogP contribution in [0, 0.1) is 0 Å². The summed E-state index contributed by atoms with van der Waals surface area (Å²) in [7, 11) is 1.63. The lowest BCUT2D eigenvalue weighted by atomic mass is 10.1. The summed E-state index contributed by atoms with van der Waals surface area (Å²) in [6.45, 7) is 1.03. The van der Waals surface area contributed by atoms with Gasteiger partial charge >= 0.3 is 0 Å². The average molecular weight is 397 g/mol. The molecule has 0 aliphatic rings. The lowest BCUT2D eigenvalue weighted by molar-refractivity contribution is 0.0948. The number of hydrogen-bond donors (Lipinski definition) is 2. The van der Waals surface area contributed by atoms with E-state index in [9.17, 15) is 4.79 Å². The van der Waals surface area contributed by atoms with Crippen LogP contribution in [0.4, 0.5) is 5.82 Å². The molecule has 0 bridgehead atoms. The Bertz CT molecular complexity index is 932. The summed E-state index contributed by atoms with van der Waals surface area (Å²) in [5.41, 5.74) is 2.32. The third-order valence-electron chi connectivity index (χ3n) is 4.15. The Labute approximate surface area is 168 Å². The van der Waals surface area contributed by atoms with Crippen molar-refractivity contribution in [2.24, 2.45) is 0 Å². The molecular weight excluding hydrogens is 376 g/mol. The first kappa shape index (κ1) is 19.6. The number of halogens is 1. The van der Waals surface area contributed by atoms with Gasteiger partial charge in [-0.1, -0.05) is 41.9 Å². The van der Waals surface area contributed by atoms with E-state index in [0.29, 0.717) is 30.4 Å². The smallest absolute Gasteiger partial charge is 0.271 e. The van der Waals surface area contributed by atoms with Crippen molar-refractivity contribution >= 4 is 23.3 Å². The van der Waals surface area contributed by atoms with Crippen LogP contribution in [0.2, 0.25) is 5.02 Å². The highest BCUT2D eigenvalue weighted by atomic mass is 35.5. The summed E-state index contributed by atoms with van der Waals surface area (Å²) in [6, 6.07) is 18.7. The molecule has 0 spiro atoms. The van der Waals surface area contributed by atoms with E-state index >= 15 is 0 Å². The molecule has 2 N–H and O–H groups in total. The van der Waals surface area contributed by atoms with Crippen molar-refractivity contribution in [2.75, 3.05) is 19.0 Å². The number of carbonyl (C=O) groups excluding carboxylic acids is 1. The van der Waals surface area contributed by atoms with Crippen LogP contribution >= 0.6 is 11.6 Å². The number of hydrogen-bond acceptors (Lipinski definition) is 5. The number of benzene rings is 2. The second kappa shape index (κ2) is 9.71. The molecule has 0 radical (unpaired) electrons. The molecule has 3 aromatic rings. The van der Waals surface area contributed by atoms with Gasteiger partial charge < -0.3 is 15.4 Å². The highest BCUT2D eigenvalue weighted by molar-refractivity contribution is 6.31. The Balaban J connectivity index is 1.48. The fourth-order valence-electron chi connectivity index (χ4n) is 2.61. The highest BCUT2D eigenvalue weighted by Crippen LogP contribution is 2.16. The zero-order valence-corrected chi connectivity index (χ0v) is 16.2. The Morgan fingerprint density at radius 3 is 2.68 bits per heavy atom. The third kappa shape index (κ3) is 5.44. The maximum absolute atomic E-state index is 12.2. The van der Waals surface area contributed by atoms with Gasteiger partial charge in [0.15, 0.2) is 5.69 Å². The van der Waals surface area contributed by atoms with Crippen LogP contribution in [0.5, 0.6) is 5.75 Å². The highest BCUT2D eigenvalue weighted by Gasteiger charge is 2.08. The van der Waals surface area contributed by atoms with E-state index in [1.54, 1.807) is 19.2 Å². The molecular formula is C21H21ClN4O2. The van der Waals surface area contributed by atoms with Crippen molar-refractivity contribution in [1.29, 1.82) is 0 Å². The van der Waals surface area contributed by atoms with Crippen LogP contribution in [0.3, 0.4) is 0 Å². The van der Waals surface area contributed by atoms with E-state index in [0.717, 1.165) is 16.9 Å². The molecule has 28 heavy (non-hydrogen) atoms. The van der Waals surface area contributed by atoms with Gasteiger partial charge in [-0.25, -0.2) is 0 Å². The lowest BCUT2D eigenvalue weighted by Crippen LogP contribution is -2.26. The molecule has 0 atom stereocenters. The van der Waals surface area contributed by atoms with Crippen molar-refractivity contribution in [1.82, 2.24) is 15.5 Å². The number of methoxy groups -OCH3 is 1. The first-order chi connectivity index (χ1) is 13.7.